The minimum absolute atomic E-state index is 0.294. The molecule has 0 aliphatic carbocycles. The van der Waals surface area contributed by atoms with Crippen LogP contribution in [0.25, 0.3) is 0 Å². The molecule has 20 heavy (non-hydrogen) atoms. The molecule has 3 nitrogen and oxygen atoms in total. The molecule has 2 aromatic carbocycles. The molecular formula is C17H21NO2. The molecule has 106 valence electrons. The maximum Gasteiger partial charge on any atom is 0.122 e. The van der Waals surface area contributed by atoms with E-state index >= 15 is 0 Å². The van der Waals surface area contributed by atoms with Gasteiger partial charge < -0.3 is 14.7 Å². The van der Waals surface area contributed by atoms with E-state index in [1.54, 1.807) is 0 Å². The van der Waals surface area contributed by atoms with Crippen LogP contribution >= 0.6 is 0 Å². The number of nitrogens with zero attached hydrogens (tertiary/aromatic N) is 1. The lowest BCUT2D eigenvalue weighted by Crippen LogP contribution is -2.33. The number of ether oxygens (including phenoxy) is 1. The summed E-state index contributed by atoms with van der Waals surface area (Å²) in [6.45, 7) is 2.83. The zero-order chi connectivity index (χ0) is 14.4. The van der Waals surface area contributed by atoms with Crippen LogP contribution in [-0.2, 0) is 0 Å². The molecule has 2 rings (SSSR count). The molecule has 0 amide bonds. The van der Waals surface area contributed by atoms with Crippen LogP contribution in [0.2, 0.25) is 0 Å². The lowest BCUT2D eigenvalue weighted by molar-refractivity contribution is 0.113. The summed E-state index contributed by atoms with van der Waals surface area (Å²) in [5.74, 6) is 0.828. The van der Waals surface area contributed by atoms with E-state index < -0.39 is 6.10 Å². The second kappa shape index (κ2) is 6.96. The van der Waals surface area contributed by atoms with Crippen LogP contribution in [-0.4, -0.2) is 31.4 Å². The molecule has 0 bridgehead atoms. The number of aliphatic hydroxyl groups is 1. The number of likely N-dealkylation sites (N-methyl/N-ethyl adjacent to an activating group) is 1. The van der Waals surface area contributed by atoms with Crippen LogP contribution < -0.4 is 9.64 Å². The largest absolute Gasteiger partial charge is 0.491 e. The molecule has 0 aliphatic heterocycles. The molecule has 0 aromatic heterocycles. The van der Waals surface area contributed by atoms with Gasteiger partial charge in [0.2, 0.25) is 0 Å². The summed E-state index contributed by atoms with van der Waals surface area (Å²) in [5, 5.41) is 10.1. The van der Waals surface area contributed by atoms with E-state index in [4.69, 9.17) is 4.74 Å². The number of aryl methyl sites for hydroxylation is 1. The first-order valence-electron chi connectivity index (χ1n) is 6.79. The second-order valence-electron chi connectivity index (χ2n) is 4.95. The fraction of sp³-hybridized carbons (Fsp3) is 0.294. The fourth-order valence-electron chi connectivity index (χ4n) is 2.06. The van der Waals surface area contributed by atoms with Crippen LogP contribution in [0.4, 0.5) is 5.69 Å². The summed E-state index contributed by atoms with van der Waals surface area (Å²) in [7, 11) is 1.96. The SMILES string of the molecule is Cc1ccccc1OCC(O)CN(C)c1ccccc1. The van der Waals surface area contributed by atoms with Crippen molar-refractivity contribution < 1.29 is 9.84 Å². The van der Waals surface area contributed by atoms with E-state index in [0.29, 0.717) is 13.2 Å². The van der Waals surface area contributed by atoms with Crippen LogP contribution in [0.5, 0.6) is 5.75 Å². The quantitative estimate of drug-likeness (QED) is 0.877. The lowest BCUT2D eigenvalue weighted by atomic mass is 10.2. The summed E-state index contributed by atoms with van der Waals surface area (Å²) in [6.07, 6.45) is -0.528. The van der Waals surface area contributed by atoms with Gasteiger partial charge in [-0.2, -0.15) is 0 Å². The molecule has 1 N–H and O–H groups in total. The van der Waals surface area contributed by atoms with E-state index in [0.717, 1.165) is 17.0 Å². The van der Waals surface area contributed by atoms with Crippen LogP contribution in [0.3, 0.4) is 0 Å². The molecule has 1 unspecified atom stereocenters. The lowest BCUT2D eigenvalue weighted by Gasteiger charge is -2.23. The van der Waals surface area contributed by atoms with Crippen LogP contribution in [0, 0.1) is 6.92 Å². The smallest absolute Gasteiger partial charge is 0.122 e. The Morgan fingerprint density at radius 2 is 1.70 bits per heavy atom. The van der Waals surface area contributed by atoms with E-state index in [9.17, 15) is 5.11 Å². The minimum atomic E-state index is -0.528. The van der Waals surface area contributed by atoms with Gasteiger partial charge >= 0.3 is 0 Å². The highest BCUT2D eigenvalue weighted by atomic mass is 16.5. The van der Waals surface area contributed by atoms with Gasteiger partial charge in [0, 0.05) is 19.3 Å². The first kappa shape index (κ1) is 14.4. The highest BCUT2D eigenvalue weighted by molar-refractivity contribution is 5.45. The average Bonchev–Trinajstić information content (AvgIpc) is 2.47. The summed E-state index contributed by atoms with van der Waals surface area (Å²) in [4.78, 5) is 2.02. The molecule has 0 saturated carbocycles. The molecule has 0 spiro atoms. The molecule has 0 aliphatic rings. The van der Waals surface area contributed by atoms with Crippen molar-refractivity contribution in [2.24, 2.45) is 0 Å². The van der Waals surface area contributed by atoms with Gasteiger partial charge in [-0.1, -0.05) is 36.4 Å². The number of hydrogen-bond donors (Lipinski definition) is 1. The Morgan fingerprint density at radius 1 is 1.05 bits per heavy atom. The van der Waals surface area contributed by atoms with Gasteiger partial charge in [0.1, 0.15) is 18.5 Å². The van der Waals surface area contributed by atoms with Gasteiger partial charge in [-0.05, 0) is 30.7 Å². The monoisotopic (exact) mass is 271 g/mol. The summed E-state index contributed by atoms with van der Waals surface area (Å²) in [5.41, 5.74) is 2.17. The number of rotatable bonds is 6. The van der Waals surface area contributed by atoms with E-state index in [2.05, 4.69) is 0 Å². The zero-order valence-corrected chi connectivity index (χ0v) is 12.0. The summed E-state index contributed by atoms with van der Waals surface area (Å²) >= 11 is 0. The topological polar surface area (TPSA) is 32.7 Å². The number of anilines is 1. The predicted octanol–water partition coefficient (Wildman–Crippen LogP) is 2.87. The predicted molar refractivity (Wildman–Crippen MR) is 82.4 cm³/mol. The van der Waals surface area contributed by atoms with E-state index in [1.807, 2.05) is 73.5 Å². The number of hydrogen-bond acceptors (Lipinski definition) is 3. The van der Waals surface area contributed by atoms with Crippen molar-refractivity contribution in [3.63, 3.8) is 0 Å². The molecule has 3 heteroatoms. The Morgan fingerprint density at radius 3 is 2.40 bits per heavy atom. The van der Waals surface area contributed by atoms with Gasteiger partial charge in [-0.25, -0.2) is 0 Å². The van der Waals surface area contributed by atoms with Crippen molar-refractivity contribution in [3.8, 4) is 5.75 Å². The van der Waals surface area contributed by atoms with Gasteiger partial charge in [0.25, 0.3) is 0 Å². The van der Waals surface area contributed by atoms with E-state index in [1.165, 1.54) is 0 Å². The van der Waals surface area contributed by atoms with Gasteiger partial charge in [-0.15, -0.1) is 0 Å². The van der Waals surface area contributed by atoms with Crippen molar-refractivity contribution in [3.05, 3.63) is 60.2 Å². The first-order valence-corrected chi connectivity index (χ1v) is 6.79. The third-order valence-corrected chi connectivity index (χ3v) is 3.21. The Labute approximate surface area is 120 Å². The maximum absolute atomic E-state index is 10.1. The van der Waals surface area contributed by atoms with Crippen molar-refractivity contribution in [1.82, 2.24) is 0 Å². The molecule has 0 saturated heterocycles. The average molecular weight is 271 g/mol. The standard InChI is InChI=1S/C17H21NO2/c1-14-8-6-7-11-17(14)20-13-16(19)12-18(2)15-9-4-3-5-10-15/h3-11,16,19H,12-13H2,1-2H3. The zero-order valence-electron chi connectivity index (χ0n) is 12.0. The molecule has 1 atom stereocenters. The summed E-state index contributed by atoms with van der Waals surface area (Å²) < 4.78 is 5.66. The number of para-hydroxylation sites is 2. The Kier molecular flexibility index (Phi) is 5.02. The van der Waals surface area contributed by atoms with Crippen LogP contribution in [0.1, 0.15) is 5.56 Å². The summed E-state index contributed by atoms with van der Waals surface area (Å²) in [6, 6.07) is 17.8. The molecule has 2 aromatic rings. The van der Waals surface area contributed by atoms with Crippen molar-refractivity contribution in [1.29, 1.82) is 0 Å². The molecule has 0 heterocycles. The minimum Gasteiger partial charge on any atom is -0.491 e. The highest BCUT2D eigenvalue weighted by Gasteiger charge is 2.10. The Bertz CT molecular complexity index is 528. The Balaban J connectivity index is 1.84. The highest BCUT2D eigenvalue weighted by Crippen LogP contribution is 2.17. The Hall–Kier alpha value is -2.00. The van der Waals surface area contributed by atoms with E-state index in [-0.39, 0.29) is 0 Å². The number of aliphatic hydroxyl groups excluding tert-OH is 1. The van der Waals surface area contributed by atoms with Crippen molar-refractivity contribution in [2.75, 3.05) is 25.1 Å². The van der Waals surface area contributed by atoms with Crippen LogP contribution in [0.15, 0.2) is 54.6 Å². The molecule has 0 fully saturated rings. The number of benzene rings is 2. The van der Waals surface area contributed by atoms with Gasteiger partial charge in [0.15, 0.2) is 0 Å². The molecule has 0 radical (unpaired) electrons. The molecular weight excluding hydrogens is 250 g/mol. The van der Waals surface area contributed by atoms with Gasteiger partial charge in [-0.3, -0.25) is 0 Å². The third-order valence-electron chi connectivity index (χ3n) is 3.21. The third kappa shape index (κ3) is 4.00. The van der Waals surface area contributed by atoms with Crippen molar-refractivity contribution >= 4 is 5.69 Å². The van der Waals surface area contributed by atoms with Crippen molar-refractivity contribution in [2.45, 2.75) is 13.0 Å². The first-order chi connectivity index (χ1) is 9.66. The normalized spacial score (nSPS) is 11.9. The maximum atomic E-state index is 10.1. The van der Waals surface area contributed by atoms with Gasteiger partial charge in [0.05, 0.1) is 0 Å². The fourth-order valence-corrected chi connectivity index (χ4v) is 2.06. The second-order valence-corrected chi connectivity index (χ2v) is 4.95.